The van der Waals surface area contributed by atoms with Gasteiger partial charge in [0.05, 0.1) is 6.42 Å². The van der Waals surface area contributed by atoms with E-state index in [4.69, 9.17) is 21.2 Å². The van der Waals surface area contributed by atoms with E-state index in [1.807, 2.05) is 6.07 Å². The second-order valence-corrected chi connectivity index (χ2v) is 5.51. The second kappa shape index (κ2) is 8.30. The van der Waals surface area contributed by atoms with E-state index in [1.165, 1.54) is 11.9 Å². The molecule has 0 saturated carbocycles. The van der Waals surface area contributed by atoms with Gasteiger partial charge < -0.3 is 19.8 Å². The average Bonchev–Trinajstić information content (AvgIpc) is 3.01. The van der Waals surface area contributed by atoms with E-state index in [1.54, 1.807) is 18.2 Å². The number of carboxylic acids is 1. The first-order chi connectivity index (χ1) is 11.5. The minimum Gasteiger partial charge on any atom is -0.481 e. The largest absolute Gasteiger partial charge is 0.481 e. The van der Waals surface area contributed by atoms with E-state index in [0.717, 1.165) is 5.56 Å². The highest BCUT2D eigenvalue weighted by Crippen LogP contribution is 2.19. The van der Waals surface area contributed by atoms with Crippen molar-refractivity contribution in [1.29, 1.82) is 0 Å². The number of nitrogens with zero attached hydrogens (tertiary/aromatic N) is 3. The van der Waals surface area contributed by atoms with Crippen LogP contribution in [0.3, 0.4) is 0 Å². The van der Waals surface area contributed by atoms with Crippen molar-refractivity contribution in [2.75, 3.05) is 20.1 Å². The molecule has 24 heavy (non-hydrogen) atoms. The molecule has 8 nitrogen and oxygen atoms in total. The lowest BCUT2D eigenvalue weighted by Crippen LogP contribution is -2.39. The number of carboxylic acid groups (broad SMARTS) is 1. The van der Waals surface area contributed by atoms with Crippen LogP contribution in [0, 0.1) is 0 Å². The smallest absolute Gasteiger partial charge is 0.317 e. The molecule has 0 spiro atoms. The second-order valence-electron chi connectivity index (χ2n) is 5.07. The van der Waals surface area contributed by atoms with Gasteiger partial charge >= 0.3 is 12.0 Å². The number of aromatic nitrogens is 2. The summed E-state index contributed by atoms with van der Waals surface area (Å²) in [6, 6.07) is 6.74. The first-order valence-corrected chi connectivity index (χ1v) is 7.63. The van der Waals surface area contributed by atoms with Crippen molar-refractivity contribution in [2.45, 2.75) is 12.8 Å². The van der Waals surface area contributed by atoms with Crippen LogP contribution in [0.15, 0.2) is 28.8 Å². The Morgan fingerprint density at radius 3 is 2.92 bits per heavy atom. The van der Waals surface area contributed by atoms with Crippen molar-refractivity contribution in [3.63, 3.8) is 0 Å². The molecule has 9 heteroatoms. The molecule has 2 aromatic rings. The van der Waals surface area contributed by atoms with Gasteiger partial charge in [0.1, 0.15) is 0 Å². The number of amides is 2. The zero-order chi connectivity index (χ0) is 17.5. The molecule has 2 amide bonds. The molecular formula is C15H17ClN4O4. The summed E-state index contributed by atoms with van der Waals surface area (Å²) in [4.78, 5) is 27.8. The van der Waals surface area contributed by atoms with E-state index in [0.29, 0.717) is 29.7 Å². The Bertz CT molecular complexity index is 719. The number of hydrogen-bond acceptors (Lipinski definition) is 5. The van der Waals surface area contributed by atoms with Gasteiger partial charge in [0.15, 0.2) is 0 Å². The molecule has 0 radical (unpaired) electrons. The lowest BCUT2D eigenvalue weighted by molar-refractivity contribution is -0.137. The predicted molar refractivity (Wildman–Crippen MR) is 86.7 cm³/mol. The van der Waals surface area contributed by atoms with Crippen LogP contribution in [0.5, 0.6) is 0 Å². The Morgan fingerprint density at radius 2 is 2.21 bits per heavy atom. The number of nitrogens with one attached hydrogen (secondary N) is 1. The third kappa shape index (κ3) is 5.24. The quantitative estimate of drug-likeness (QED) is 0.789. The number of rotatable bonds is 7. The minimum atomic E-state index is -0.950. The van der Waals surface area contributed by atoms with Crippen LogP contribution >= 0.6 is 11.6 Å². The van der Waals surface area contributed by atoms with E-state index in [2.05, 4.69) is 15.5 Å². The molecule has 0 aliphatic carbocycles. The van der Waals surface area contributed by atoms with Gasteiger partial charge in [-0.1, -0.05) is 28.9 Å². The third-order valence-corrected chi connectivity index (χ3v) is 3.41. The monoisotopic (exact) mass is 352 g/mol. The molecule has 0 aliphatic heterocycles. The van der Waals surface area contributed by atoms with Crippen molar-refractivity contribution in [2.24, 2.45) is 0 Å². The molecule has 128 valence electrons. The maximum absolute atomic E-state index is 11.8. The van der Waals surface area contributed by atoms with E-state index < -0.39 is 5.97 Å². The molecule has 2 N–H and O–H groups in total. The lowest BCUT2D eigenvalue weighted by Gasteiger charge is -2.16. The molecule has 0 atom stereocenters. The van der Waals surface area contributed by atoms with Gasteiger partial charge in [-0.2, -0.15) is 4.98 Å². The molecule has 0 aliphatic rings. The van der Waals surface area contributed by atoms with Crippen LogP contribution in [0.1, 0.15) is 12.3 Å². The standard InChI is InChI=1S/C15H17ClN4O4/c1-20(8-6-13(21)22)15(23)17-7-5-12-18-14(19-24-12)10-3-2-4-11(16)9-10/h2-4,9H,5-8H2,1H3,(H,17,23)(H,21,22). The van der Waals surface area contributed by atoms with Gasteiger partial charge in [0.2, 0.25) is 11.7 Å². The van der Waals surface area contributed by atoms with Gasteiger partial charge in [0.25, 0.3) is 0 Å². The molecule has 1 aromatic heterocycles. The summed E-state index contributed by atoms with van der Waals surface area (Å²) >= 11 is 5.92. The molecule has 0 saturated heterocycles. The zero-order valence-corrected chi connectivity index (χ0v) is 13.8. The van der Waals surface area contributed by atoms with Crippen molar-refractivity contribution < 1.29 is 19.2 Å². The Balaban J connectivity index is 1.81. The first kappa shape index (κ1) is 17.7. The highest BCUT2D eigenvalue weighted by Gasteiger charge is 2.12. The molecule has 0 bridgehead atoms. The summed E-state index contributed by atoms with van der Waals surface area (Å²) in [5, 5.41) is 15.7. The van der Waals surface area contributed by atoms with Crippen molar-refractivity contribution in [3.8, 4) is 11.4 Å². The Kier molecular flexibility index (Phi) is 6.14. The maximum Gasteiger partial charge on any atom is 0.317 e. The number of urea groups is 1. The number of carbonyl (C=O) groups is 2. The van der Waals surface area contributed by atoms with Crippen molar-refractivity contribution in [1.82, 2.24) is 20.4 Å². The number of halogens is 1. The molecule has 1 aromatic carbocycles. The first-order valence-electron chi connectivity index (χ1n) is 7.25. The van der Waals surface area contributed by atoms with Gasteiger partial charge in [-0.25, -0.2) is 4.79 Å². The average molecular weight is 353 g/mol. The van der Waals surface area contributed by atoms with Crippen LogP contribution < -0.4 is 5.32 Å². The SMILES string of the molecule is CN(CCC(=O)O)C(=O)NCCc1nc(-c2cccc(Cl)c2)no1. The molecule has 0 fully saturated rings. The van der Waals surface area contributed by atoms with Gasteiger partial charge in [-0.3, -0.25) is 4.79 Å². The number of aliphatic carboxylic acids is 1. The molecule has 1 heterocycles. The predicted octanol–water partition coefficient (Wildman–Crippen LogP) is 2.05. The van der Waals surface area contributed by atoms with Crippen LogP contribution in [-0.4, -0.2) is 52.3 Å². The van der Waals surface area contributed by atoms with Crippen LogP contribution in [0.4, 0.5) is 4.79 Å². The lowest BCUT2D eigenvalue weighted by atomic mass is 10.2. The summed E-state index contributed by atoms with van der Waals surface area (Å²) in [5.74, 6) is -0.134. The van der Waals surface area contributed by atoms with E-state index in [-0.39, 0.29) is 19.0 Å². The number of hydrogen-bond donors (Lipinski definition) is 2. The van der Waals surface area contributed by atoms with Crippen molar-refractivity contribution >= 4 is 23.6 Å². The zero-order valence-electron chi connectivity index (χ0n) is 13.0. The van der Waals surface area contributed by atoms with Crippen LogP contribution in [0.2, 0.25) is 5.02 Å². The van der Waals surface area contributed by atoms with Gasteiger partial charge in [-0.05, 0) is 12.1 Å². The van der Waals surface area contributed by atoms with Gasteiger partial charge in [0, 0.05) is 37.1 Å². The summed E-state index contributed by atoms with van der Waals surface area (Å²) < 4.78 is 5.13. The number of benzene rings is 1. The summed E-state index contributed by atoms with van der Waals surface area (Å²) in [6.45, 7) is 0.439. The fourth-order valence-electron chi connectivity index (χ4n) is 1.88. The van der Waals surface area contributed by atoms with E-state index >= 15 is 0 Å². The van der Waals surface area contributed by atoms with E-state index in [9.17, 15) is 9.59 Å². The Hall–Kier alpha value is -2.61. The molecule has 0 unspecified atom stereocenters. The summed E-state index contributed by atoms with van der Waals surface area (Å²) in [6.07, 6.45) is 0.267. The highest BCUT2D eigenvalue weighted by atomic mass is 35.5. The van der Waals surface area contributed by atoms with Crippen molar-refractivity contribution in [3.05, 3.63) is 35.2 Å². The summed E-state index contributed by atoms with van der Waals surface area (Å²) in [5.41, 5.74) is 0.745. The number of carbonyl (C=O) groups excluding carboxylic acids is 1. The highest BCUT2D eigenvalue weighted by molar-refractivity contribution is 6.30. The Morgan fingerprint density at radius 1 is 1.42 bits per heavy atom. The fraction of sp³-hybridized carbons (Fsp3) is 0.333. The summed E-state index contributed by atoms with van der Waals surface area (Å²) in [7, 11) is 1.53. The van der Waals surface area contributed by atoms with Gasteiger partial charge in [-0.15, -0.1) is 0 Å². The topological polar surface area (TPSA) is 109 Å². The maximum atomic E-state index is 11.8. The Labute approximate surface area is 143 Å². The third-order valence-electron chi connectivity index (χ3n) is 3.17. The normalized spacial score (nSPS) is 10.4. The molecule has 2 rings (SSSR count). The fourth-order valence-corrected chi connectivity index (χ4v) is 2.07. The minimum absolute atomic E-state index is 0.101. The van der Waals surface area contributed by atoms with Crippen LogP contribution in [-0.2, 0) is 11.2 Å². The van der Waals surface area contributed by atoms with Crippen LogP contribution in [0.25, 0.3) is 11.4 Å². The molecular weight excluding hydrogens is 336 g/mol.